The van der Waals surface area contributed by atoms with Crippen LogP contribution in [0.2, 0.25) is 5.02 Å². The lowest BCUT2D eigenvalue weighted by molar-refractivity contribution is 0.261. The summed E-state index contributed by atoms with van der Waals surface area (Å²) in [6.07, 6.45) is 1.43. The van der Waals surface area contributed by atoms with E-state index in [9.17, 15) is 9.18 Å². The van der Waals surface area contributed by atoms with Crippen molar-refractivity contribution in [3.05, 3.63) is 47.4 Å². The number of carbonyl (C=O) groups is 1. The first-order valence-electron chi connectivity index (χ1n) is 4.72. The number of hydrogen-bond acceptors (Lipinski definition) is 2. The van der Waals surface area contributed by atoms with Crippen LogP contribution in [0.3, 0.4) is 0 Å². The number of halogens is 2. The Bertz CT molecular complexity index is 528. The van der Waals surface area contributed by atoms with Gasteiger partial charge in [-0.05, 0) is 24.3 Å². The molecule has 1 aromatic heterocycles. The van der Waals surface area contributed by atoms with Crippen LogP contribution >= 0.6 is 11.6 Å². The monoisotopic (exact) mass is 254 g/mol. The Balaban J connectivity index is 2.00. The molecule has 17 heavy (non-hydrogen) atoms. The van der Waals surface area contributed by atoms with Gasteiger partial charge in [0.15, 0.2) is 0 Å². The molecule has 88 valence electrons. The summed E-state index contributed by atoms with van der Waals surface area (Å²) in [4.78, 5) is 11.5. The summed E-state index contributed by atoms with van der Waals surface area (Å²) in [5.74, 6) is -0.223. The number of carbonyl (C=O) groups excluding carboxylic acids is 1. The highest BCUT2D eigenvalue weighted by atomic mass is 35.5. The third-order valence-electron chi connectivity index (χ3n) is 1.94. The van der Waals surface area contributed by atoms with Gasteiger partial charge >= 0.3 is 6.03 Å². The maximum Gasteiger partial charge on any atom is 0.326 e. The Morgan fingerprint density at radius 2 is 2.12 bits per heavy atom. The summed E-state index contributed by atoms with van der Waals surface area (Å²) in [5.41, 5.74) is 0.389. The van der Waals surface area contributed by atoms with Crippen LogP contribution in [0.4, 0.5) is 20.8 Å². The molecule has 4 nitrogen and oxygen atoms in total. The summed E-state index contributed by atoms with van der Waals surface area (Å²) < 4.78 is 17.8. The molecule has 2 N–H and O–H groups in total. The van der Waals surface area contributed by atoms with E-state index in [0.29, 0.717) is 11.6 Å². The summed E-state index contributed by atoms with van der Waals surface area (Å²) in [5, 5.41) is 4.88. The van der Waals surface area contributed by atoms with Crippen LogP contribution < -0.4 is 10.6 Å². The molecular weight excluding hydrogens is 247 g/mol. The fourth-order valence-electron chi connectivity index (χ4n) is 1.20. The van der Waals surface area contributed by atoms with E-state index >= 15 is 0 Å². The second-order valence-corrected chi connectivity index (χ2v) is 3.59. The van der Waals surface area contributed by atoms with Gasteiger partial charge in [0.25, 0.3) is 0 Å². The Hall–Kier alpha value is -2.01. The molecule has 6 heteroatoms. The zero-order valence-corrected chi connectivity index (χ0v) is 9.29. The molecule has 0 saturated heterocycles. The van der Waals surface area contributed by atoms with E-state index in [1.165, 1.54) is 24.5 Å². The smallest absolute Gasteiger partial charge is 0.326 e. The quantitative estimate of drug-likeness (QED) is 0.858. The van der Waals surface area contributed by atoms with Gasteiger partial charge in [-0.15, -0.1) is 0 Å². The van der Waals surface area contributed by atoms with E-state index < -0.39 is 11.8 Å². The first-order chi connectivity index (χ1) is 8.15. The van der Waals surface area contributed by atoms with Crippen molar-refractivity contribution in [3.8, 4) is 0 Å². The SMILES string of the molecule is O=C(Nc1ccc(F)c(Cl)c1)Nc1ccco1. The Kier molecular flexibility index (Phi) is 3.30. The lowest BCUT2D eigenvalue weighted by Crippen LogP contribution is -2.18. The van der Waals surface area contributed by atoms with Gasteiger partial charge in [-0.2, -0.15) is 0 Å². The maximum atomic E-state index is 12.9. The number of amides is 2. The van der Waals surface area contributed by atoms with Gasteiger partial charge in [-0.25, -0.2) is 9.18 Å². The zero-order valence-electron chi connectivity index (χ0n) is 8.54. The highest BCUT2D eigenvalue weighted by Gasteiger charge is 2.06. The molecule has 0 atom stereocenters. The second kappa shape index (κ2) is 4.88. The molecule has 0 aliphatic carbocycles. The van der Waals surface area contributed by atoms with Crippen LogP contribution in [-0.2, 0) is 0 Å². The van der Waals surface area contributed by atoms with Crippen molar-refractivity contribution in [1.82, 2.24) is 0 Å². The minimum Gasteiger partial charge on any atom is -0.449 e. The fraction of sp³-hybridized carbons (Fsp3) is 0. The number of rotatable bonds is 2. The Morgan fingerprint density at radius 1 is 1.29 bits per heavy atom. The molecular formula is C11H8ClFN2O2. The number of furan rings is 1. The summed E-state index contributed by atoms with van der Waals surface area (Å²) in [6, 6.07) is 6.64. The van der Waals surface area contributed by atoms with E-state index in [0.717, 1.165) is 0 Å². The average molecular weight is 255 g/mol. The van der Waals surface area contributed by atoms with E-state index in [-0.39, 0.29) is 5.02 Å². The zero-order chi connectivity index (χ0) is 12.3. The van der Waals surface area contributed by atoms with Crippen LogP contribution in [0.25, 0.3) is 0 Å². The molecule has 2 rings (SSSR count). The summed E-state index contributed by atoms with van der Waals surface area (Å²) >= 11 is 5.57. The van der Waals surface area contributed by atoms with E-state index in [4.69, 9.17) is 16.0 Å². The van der Waals surface area contributed by atoms with Gasteiger partial charge in [-0.3, -0.25) is 5.32 Å². The van der Waals surface area contributed by atoms with Gasteiger partial charge < -0.3 is 9.73 Å². The number of anilines is 2. The molecule has 0 saturated carbocycles. The second-order valence-electron chi connectivity index (χ2n) is 3.19. The van der Waals surface area contributed by atoms with E-state index in [2.05, 4.69) is 10.6 Å². The third kappa shape index (κ3) is 2.98. The van der Waals surface area contributed by atoms with Crippen molar-refractivity contribution >= 4 is 29.2 Å². The fourth-order valence-corrected chi connectivity index (χ4v) is 1.38. The predicted octanol–water partition coefficient (Wildman–Crippen LogP) is 3.72. The topological polar surface area (TPSA) is 54.3 Å². The van der Waals surface area contributed by atoms with Crippen molar-refractivity contribution in [2.45, 2.75) is 0 Å². The van der Waals surface area contributed by atoms with Crippen molar-refractivity contribution in [3.63, 3.8) is 0 Å². The summed E-state index contributed by atoms with van der Waals surface area (Å²) in [7, 11) is 0. The van der Waals surface area contributed by atoms with Crippen LogP contribution in [0.1, 0.15) is 0 Å². The standard InChI is InChI=1S/C11H8ClFN2O2/c12-8-6-7(3-4-9(8)13)14-11(16)15-10-2-1-5-17-10/h1-6H,(H2,14,15,16). The lowest BCUT2D eigenvalue weighted by atomic mass is 10.3. The first kappa shape index (κ1) is 11.5. The number of urea groups is 1. The predicted molar refractivity (Wildman–Crippen MR) is 62.8 cm³/mol. The highest BCUT2D eigenvalue weighted by molar-refractivity contribution is 6.31. The molecule has 1 heterocycles. The van der Waals surface area contributed by atoms with E-state index in [1.54, 1.807) is 12.1 Å². The van der Waals surface area contributed by atoms with Gasteiger partial charge in [0.1, 0.15) is 5.82 Å². The molecule has 0 bridgehead atoms. The van der Waals surface area contributed by atoms with Crippen LogP contribution in [0.15, 0.2) is 41.0 Å². The third-order valence-corrected chi connectivity index (χ3v) is 2.23. The van der Waals surface area contributed by atoms with Crippen LogP contribution in [-0.4, -0.2) is 6.03 Å². The number of benzene rings is 1. The van der Waals surface area contributed by atoms with Crippen molar-refractivity contribution in [2.75, 3.05) is 10.6 Å². The number of hydrogen-bond donors (Lipinski definition) is 2. The first-order valence-corrected chi connectivity index (χ1v) is 5.09. The van der Waals surface area contributed by atoms with E-state index in [1.807, 2.05) is 0 Å². The number of nitrogens with one attached hydrogen (secondary N) is 2. The minimum atomic E-state index is -0.538. The molecule has 0 aliphatic heterocycles. The molecule has 0 spiro atoms. The largest absolute Gasteiger partial charge is 0.449 e. The molecule has 2 aromatic rings. The van der Waals surface area contributed by atoms with Crippen molar-refractivity contribution < 1.29 is 13.6 Å². The normalized spacial score (nSPS) is 10.0. The van der Waals surface area contributed by atoms with Crippen LogP contribution in [0, 0.1) is 5.82 Å². The molecule has 0 aliphatic rings. The van der Waals surface area contributed by atoms with Gasteiger partial charge in [0, 0.05) is 11.8 Å². The molecule has 0 unspecified atom stereocenters. The van der Waals surface area contributed by atoms with Crippen LogP contribution in [0.5, 0.6) is 0 Å². The van der Waals surface area contributed by atoms with Crippen molar-refractivity contribution in [2.24, 2.45) is 0 Å². The maximum absolute atomic E-state index is 12.9. The minimum absolute atomic E-state index is 0.0548. The Morgan fingerprint density at radius 3 is 2.76 bits per heavy atom. The van der Waals surface area contributed by atoms with Gasteiger partial charge in [0.2, 0.25) is 5.88 Å². The van der Waals surface area contributed by atoms with Crippen molar-refractivity contribution in [1.29, 1.82) is 0 Å². The molecule has 1 aromatic carbocycles. The Labute approximate surface area is 101 Å². The molecule has 0 radical (unpaired) electrons. The lowest BCUT2D eigenvalue weighted by Gasteiger charge is -2.05. The average Bonchev–Trinajstić information content (AvgIpc) is 2.76. The molecule has 0 fully saturated rings. The van der Waals surface area contributed by atoms with Gasteiger partial charge in [0.05, 0.1) is 11.3 Å². The van der Waals surface area contributed by atoms with Gasteiger partial charge in [-0.1, -0.05) is 11.6 Å². The molecule has 2 amide bonds. The highest BCUT2D eigenvalue weighted by Crippen LogP contribution is 2.19. The summed E-state index contributed by atoms with van der Waals surface area (Å²) in [6.45, 7) is 0.